The summed E-state index contributed by atoms with van der Waals surface area (Å²) in [6.07, 6.45) is -0.156. The van der Waals surface area contributed by atoms with Crippen molar-refractivity contribution in [2.45, 2.75) is 19.6 Å². The molecule has 1 aromatic carbocycles. The van der Waals surface area contributed by atoms with Crippen molar-refractivity contribution in [1.82, 2.24) is 4.90 Å². The van der Waals surface area contributed by atoms with Crippen molar-refractivity contribution in [3.05, 3.63) is 28.3 Å². The summed E-state index contributed by atoms with van der Waals surface area (Å²) in [5.74, 6) is -0.347. The van der Waals surface area contributed by atoms with E-state index in [0.29, 0.717) is 19.7 Å². The van der Waals surface area contributed by atoms with Crippen LogP contribution in [0.15, 0.2) is 18.2 Å². The van der Waals surface area contributed by atoms with Crippen LogP contribution >= 0.6 is 0 Å². The fourth-order valence-electron chi connectivity index (χ4n) is 2.13. The van der Waals surface area contributed by atoms with Crippen molar-refractivity contribution in [3.8, 4) is 5.75 Å². The van der Waals surface area contributed by atoms with Crippen LogP contribution in [0.2, 0.25) is 0 Å². The molecule has 126 valence electrons. The lowest BCUT2D eigenvalue weighted by molar-refractivity contribution is -0.384. The number of alkyl halides is 2. The fourth-order valence-corrected chi connectivity index (χ4v) is 2.13. The number of amides is 2. The third kappa shape index (κ3) is 4.49. The maximum Gasteiger partial charge on any atom is 0.387 e. The minimum Gasteiger partial charge on any atom is -0.433 e. The predicted molar refractivity (Wildman–Crippen MR) is 75.7 cm³/mol. The van der Waals surface area contributed by atoms with E-state index in [1.54, 1.807) is 6.92 Å². The van der Waals surface area contributed by atoms with E-state index < -0.39 is 17.6 Å². The molecule has 0 bridgehead atoms. The van der Waals surface area contributed by atoms with Gasteiger partial charge in [0.25, 0.3) is 5.69 Å². The fraction of sp³-hybridized carbons (Fsp3) is 0.462. The monoisotopic (exact) mass is 331 g/mol. The van der Waals surface area contributed by atoms with E-state index in [4.69, 9.17) is 4.74 Å². The molecule has 1 saturated heterocycles. The number of benzene rings is 1. The van der Waals surface area contributed by atoms with Gasteiger partial charge in [0.2, 0.25) is 0 Å². The van der Waals surface area contributed by atoms with Gasteiger partial charge in [-0.2, -0.15) is 8.78 Å². The van der Waals surface area contributed by atoms with Gasteiger partial charge >= 0.3 is 12.6 Å². The van der Waals surface area contributed by atoms with Crippen molar-refractivity contribution in [2.75, 3.05) is 25.0 Å². The summed E-state index contributed by atoms with van der Waals surface area (Å²) < 4.78 is 34.4. The van der Waals surface area contributed by atoms with E-state index in [2.05, 4.69) is 10.1 Å². The largest absolute Gasteiger partial charge is 0.433 e. The van der Waals surface area contributed by atoms with Crippen molar-refractivity contribution in [1.29, 1.82) is 0 Å². The van der Waals surface area contributed by atoms with Crippen LogP contribution in [-0.4, -0.2) is 48.3 Å². The highest BCUT2D eigenvalue weighted by Gasteiger charge is 2.23. The summed E-state index contributed by atoms with van der Waals surface area (Å²) in [4.78, 5) is 23.7. The number of nitro groups is 1. The van der Waals surface area contributed by atoms with Crippen molar-refractivity contribution < 1.29 is 28.0 Å². The van der Waals surface area contributed by atoms with E-state index in [0.717, 1.165) is 18.2 Å². The van der Waals surface area contributed by atoms with Gasteiger partial charge in [0, 0.05) is 25.2 Å². The molecule has 2 rings (SSSR count). The Morgan fingerprint density at radius 3 is 2.91 bits per heavy atom. The molecule has 0 saturated carbocycles. The molecule has 23 heavy (non-hydrogen) atoms. The lowest BCUT2D eigenvalue weighted by Crippen LogP contribution is -2.46. The smallest absolute Gasteiger partial charge is 0.387 e. The summed E-state index contributed by atoms with van der Waals surface area (Å²) in [6.45, 7) is -0.320. The number of nitrogens with one attached hydrogen (secondary N) is 1. The molecule has 0 aliphatic carbocycles. The first kappa shape index (κ1) is 16.9. The van der Waals surface area contributed by atoms with Gasteiger partial charge in [0.1, 0.15) is 5.75 Å². The Hall–Kier alpha value is -2.49. The molecule has 0 aromatic heterocycles. The Morgan fingerprint density at radius 2 is 2.30 bits per heavy atom. The van der Waals surface area contributed by atoms with E-state index in [9.17, 15) is 23.7 Å². The Balaban J connectivity index is 2.19. The van der Waals surface area contributed by atoms with Crippen molar-refractivity contribution >= 4 is 17.4 Å². The van der Waals surface area contributed by atoms with Crippen LogP contribution in [0.25, 0.3) is 0 Å². The van der Waals surface area contributed by atoms with E-state index in [-0.39, 0.29) is 23.2 Å². The van der Waals surface area contributed by atoms with Crippen LogP contribution in [0.3, 0.4) is 0 Å². The third-order valence-electron chi connectivity index (χ3n) is 3.16. The summed E-state index contributed by atoms with van der Waals surface area (Å²) in [5, 5.41) is 13.2. The van der Waals surface area contributed by atoms with Gasteiger partial charge in [-0.3, -0.25) is 10.1 Å². The van der Waals surface area contributed by atoms with E-state index in [1.165, 1.54) is 4.90 Å². The number of morpholine rings is 1. The van der Waals surface area contributed by atoms with Crippen LogP contribution in [-0.2, 0) is 4.74 Å². The molecular formula is C13H15F2N3O5. The van der Waals surface area contributed by atoms with E-state index in [1.807, 2.05) is 0 Å². The zero-order valence-corrected chi connectivity index (χ0v) is 12.2. The second-order valence-electron chi connectivity index (χ2n) is 4.87. The zero-order valence-electron chi connectivity index (χ0n) is 12.2. The molecule has 1 atom stereocenters. The Bertz CT molecular complexity index is 599. The predicted octanol–water partition coefficient (Wildman–Crippen LogP) is 2.45. The molecule has 1 unspecified atom stereocenters. The Labute approximate surface area is 130 Å². The maximum atomic E-state index is 12.4. The average Bonchev–Trinajstić information content (AvgIpc) is 2.48. The molecule has 8 nitrogen and oxygen atoms in total. The molecule has 1 aliphatic rings. The summed E-state index contributed by atoms with van der Waals surface area (Å²) >= 11 is 0. The number of hydrogen-bond donors (Lipinski definition) is 1. The minimum atomic E-state index is -3.12. The normalized spacial score (nSPS) is 17.9. The van der Waals surface area contributed by atoms with Crippen LogP contribution in [0, 0.1) is 10.1 Å². The topological polar surface area (TPSA) is 93.9 Å². The number of anilines is 1. The first-order chi connectivity index (χ1) is 10.9. The minimum absolute atomic E-state index is 0.156. The lowest BCUT2D eigenvalue weighted by Gasteiger charge is -2.31. The highest BCUT2D eigenvalue weighted by Crippen LogP contribution is 2.30. The van der Waals surface area contributed by atoms with E-state index >= 15 is 0 Å². The van der Waals surface area contributed by atoms with Gasteiger partial charge in [-0.1, -0.05) is 0 Å². The molecular weight excluding hydrogens is 316 g/mol. The van der Waals surface area contributed by atoms with Gasteiger partial charge in [0.05, 0.1) is 23.3 Å². The summed E-state index contributed by atoms with van der Waals surface area (Å²) in [7, 11) is 0. The van der Waals surface area contributed by atoms with Gasteiger partial charge in [0.15, 0.2) is 0 Å². The molecule has 0 radical (unpaired) electrons. The third-order valence-corrected chi connectivity index (χ3v) is 3.16. The quantitative estimate of drug-likeness (QED) is 0.675. The van der Waals surface area contributed by atoms with Crippen LogP contribution in [0.1, 0.15) is 6.92 Å². The lowest BCUT2D eigenvalue weighted by atomic mass is 10.2. The number of halogens is 2. The second kappa shape index (κ2) is 7.18. The molecule has 1 aromatic rings. The number of nitro benzene ring substituents is 1. The second-order valence-corrected chi connectivity index (χ2v) is 4.87. The Morgan fingerprint density at radius 1 is 1.57 bits per heavy atom. The molecule has 1 N–H and O–H groups in total. The molecule has 1 aliphatic heterocycles. The number of carbonyl (C=O) groups is 1. The Kier molecular flexibility index (Phi) is 5.27. The van der Waals surface area contributed by atoms with Gasteiger partial charge in [-0.15, -0.1) is 0 Å². The highest BCUT2D eigenvalue weighted by atomic mass is 19.3. The number of carbonyl (C=O) groups excluding carboxylic acids is 1. The number of urea groups is 1. The first-order valence-electron chi connectivity index (χ1n) is 6.77. The average molecular weight is 331 g/mol. The van der Waals surface area contributed by atoms with Crippen LogP contribution in [0.5, 0.6) is 5.75 Å². The summed E-state index contributed by atoms with van der Waals surface area (Å²) in [5.41, 5.74) is -0.541. The number of rotatable bonds is 4. The molecule has 2 amide bonds. The van der Waals surface area contributed by atoms with Crippen molar-refractivity contribution in [3.63, 3.8) is 0 Å². The van der Waals surface area contributed by atoms with Gasteiger partial charge in [-0.05, 0) is 13.0 Å². The zero-order chi connectivity index (χ0) is 17.0. The van der Waals surface area contributed by atoms with Crippen LogP contribution < -0.4 is 10.1 Å². The number of non-ortho nitro benzene ring substituents is 1. The van der Waals surface area contributed by atoms with Crippen LogP contribution in [0.4, 0.5) is 25.0 Å². The molecule has 0 spiro atoms. The van der Waals surface area contributed by atoms with Gasteiger partial charge < -0.3 is 19.7 Å². The standard InChI is InChI=1S/C13H15F2N3O5/c1-8-7-17(4-5-22-8)13(19)16-10-6-9(18(20)21)2-3-11(10)23-12(14)15/h2-3,6,8,12H,4-5,7H2,1H3,(H,16,19). The highest BCUT2D eigenvalue weighted by molar-refractivity contribution is 5.91. The first-order valence-corrected chi connectivity index (χ1v) is 6.77. The molecule has 10 heteroatoms. The number of ether oxygens (including phenoxy) is 2. The molecule has 1 heterocycles. The van der Waals surface area contributed by atoms with Gasteiger partial charge in [-0.25, -0.2) is 4.79 Å². The number of hydrogen-bond acceptors (Lipinski definition) is 5. The number of nitrogens with zero attached hydrogens (tertiary/aromatic N) is 2. The van der Waals surface area contributed by atoms with Crippen molar-refractivity contribution in [2.24, 2.45) is 0 Å². The maximum absolute atomic E-state index is 12.4. The molecule has 1 fully saturated rings. The summed E-state index contributed by atoms with van der Waals surface area (Å²) in [6, 6.07) is 2.44. The SMILES string of the molecule is CC1CN(C(=O)Nc2cc([N+](=O)[O-])ccc2OC(F)F)CCO1.